The van der Waals surface area contributed by atoms with Crippen LogP contribution in [0.1, 0.15) is 13.3 Å². The fourth-order valence-corrected chi connectivity index (χ4v) is 2.10. The molecule has 5 nitrogen and oxygen atoms in total. The fourth-order valence-electron chi connectivity index (χ4n) is 0.796. The molecule has 1 unspecified atom stereocenters. The van der Waals surface area contributed by atoms with Crippen molar-refractivity contribution in [1.29, 1.82) is 0 Å². The second-order valence-electron chi connectivity index (χ2n) is 2.87. The smallest absolute Gasteiger partial charge is 0.212 e. The third-order valence-corrected chi connectivity index (χ3v) is 3.00. The first kappa shape index (κ1) is 12.8. The van der Waals surface area contributed by atoms with Crippen LogP contribution in [0.5, 0.6) is 0 Å². The Morgan fingerprint density at radius 3 is 2.62 bits per heavy atom. The third-order valence-electron chi connectivity index (χ3n) is 1.42. The van der Waals surface area contributed by atoms with Gasteiger partial charge >= 0.3 is 0 Å². The van der Waals surface area contributed by atoms with E-state index in [9.17, 15) is 8.42 Å². The standard InChI is InChI=1S/C7H17NO4S/c1-7(6-9)8-13(10,11)5-3-4-12-2/h7-9H,3-6H2,1-2H3. The summed E-state index contributed by atoms with van der Waals surface area (Å²) in [5.74, 6) is 0.0329. The maximum absolute atomic E-state index is 11.2. The summed E-state index contributed by atoms with van der Waals surface area (Å²) in [5, 5.41) is 8.62. The fraction of sp³-hybridized carbons (Fsp3) is 1.00. The normalized spacial score (nSPS) is 14.4. The Morgan fingerprint density at radius 1 is 1.54 bits per heavy atom. The first-order valence-corrected chi connectivity index (χ1v) is 5.77. The van der Waals surface area contributed by atoms with E-state index in [1.165, 1.54) is 7.11 Å². The summed E-state index contributed by atoms with van der Waals surface area (Å²) in [6, 6.07) is -0.424. The minimum Gasteiger partial charge on any atom is -0.395 e. The van der Waals surface area contributed by atoms with E-state index in [4.69, 9.17) is 9.84 Å². The number of aliphatic hydroxyl groups excluding tert-OH is 1. The molecule has 0 aliphatic carbocycles. The van der Waals surface area contributed by atoms with Gasteiger partial charge in [-0.1, -0.05) is 0 Å². The monoisotopic (exact) mass is 211 g/mol. The van der Waals surface area contributed by atoms with Crippen LogP contribution in [0.3, 0.4) is 0 Å². The highest BCUT2D eigenvalue weighted by Gasteiger charge is 2.12. The average Bonchev–Trinajstić information content (AvgIpc) is 2.03. The van der Waals surface area contributed by atoms with Crippen LogP contribution in [0, 0.1) is 0 Å². The number of aliphatic hydroxyl groups is 1. The van der Waals surface area contributed by atoms with Gasteiger partial charge in [-0.2, -0.15) is 0 Å². The van der Waals surface area contributed by atoms with Crippen LogP contribution in [0.4, 0.5) is 0 Å². The molecule has 1 atom stereocenters. The van der Waals surface area contributed by atoms with Crippen LogP contribution < -0.4 is 4.72 Å². The zero-order chi connectivity index (χ0) is 10.3. The van der Waals surface area contributed by atoms with Crippen molar-refractivity contribution in [3.63, 3.8) is 0 Å². The van der Waals surface area contributed by atoms with E-state index in [0.29, 0.717) is 13.0 Å². The number of hydrogen-bond donors (Lipinski definition) is 2. The van der Waals surface area contributed by atoms with E-state index in [1.807, 2.05) is 0 Å². The zero-order valence-corrected chi connectivity index (χ0v) is 8.80. The lowest BCUT2D eigenvalue weighted by atomic mass is 10.4. The number of nitrogens with one attached hydrogen (secondary N) is 1. The molecule has 0 bridgehead atoms. The van der Waals surface area contributed by atoms with Crippen molar-refractivity contribution < 1.29 is 18.3 Å². The lowest BCUT2D eigenvalue weighted by Crippen LogP contribution is -2.36. The molecular formula is C7H17NO4S. The molecule has 13 heavy (non-hydrogen) atoms. The summed E-state index contributed by atoms with van der Waals surface area (Å²) in [6.07, 6.45) is 0.462. The van der Waals surface area contributed by atoms with E-state index in [2.05, 4.69) is 4.72 Å². The molecule has 0 spiro atoms. The third kappa shape index (κ3) is 6.94. The lowest BCUT2D eigenvalue weighted by Gasteiger charge is -2.10. The molecule has 0 amide bonds. The molecule has 0 saturated heterocycles. The Balaban J connectivity index is 3.81. The van der Waals surface area contributed by atoms with Crippen LogP contribution in [0.2, 0.25) is 0 Å². The maximum atomic E-state index is 11.2. The Kier molecular flexibility index (Phi) is 6.23. The van der Waals surface area contributed by atoms with E-state index in [0.717, 1.165) is 0 Å². The van der Waals surface area contributed by atoms with Crippen LogP contribution in [0.25, 0.3) is 0 Å². The molecule has 0 rings (SSSR count). The minimum absolute atomic E-state index is 0.0329. The van der Waals surface area contributed by atoms with Crippen LogP contribution >= 0.6 is 0 Å². The first-order chi connectivity index (χ1) is 6.02. The summed E-state index contributed by atoms with van der Waals surface area (Å²) in [7, 11) is -1.73. The summed E-state index contributed by atoms with van der Waals surface area (Å²) in [5.41, 5.74) is 0. The molecule has 0 aliphatic heterocycles. The van der Waals surface area contributed by atoms with Gasteiger partial charge in [-0.25, -0.2) is 13.1 Å². The van der Waals surface area contributed by atoms with Crippen molar-refractivity contribution in [2.24, 2.45) is 0 Å². The van der Waals surface area contributed by atoms with Gasteiger partial charge < -0.3 is 9.84 Å². The molecule has 0 radical (unpaired) electrons. The second-order valence-corrected chi connectivity index (χ2v) is 4.74. The molecular weight excluding hydrogens is 194 g/mol. The molecule has 0 saturated carbocycles. The van der Waals surface area contributed by atoms with Gasteiger partial charge in [0.1, 0.15) is 0 Å². The molecule has 6 heteroatoms. The number of hydrogen-bond acceptors (Lipinski definition) is 4. The van der Waals surface area contributed by atoms with E-state index in [-0.39, 0.29) is 12.4 Å². The molecule has 0 aliphatic rings. The highest BCUT2D eigenvalue weighted by Crippen LogP contribution is 1.92. The van der Waals surface area contributed by atoms with Crippen LogP contribution in [-0.4, -0.2) is 45.6 Å². The molecule has 0 aromatic carbocycles. The minimum atomic E-state index is -3.26. The largest absolute Gasteiger partial charge is 0.395 e. The Hall–Kier alpha value is -0.170. The van der Waals surface area contributed by atoms with E-state index in [1.54, 1.807) is 6.92 Å². The van der Waals surface area contributed by atoms with Crippen molar-refractivity contribution in [3.05, 3.63) is 0 Å². The van der Waals surface area contributed by atoms with Crippen molar-refractivity contribution in [3.8, 4) is 0 Å². The van der Waals surface area contributed by atoms with Crippen LogP contribution in [0.15, 0.2) is 0 Å². The van der Waals surface area contributed by atoms with Gasteiger partial charge in [0.15, 0.2) is 0 Å². The number of ether oxygens (including phenoxy) is 1. The summed E-state index contributed by atoms with van der Waals surface area (Å²) in [6.45, 7) is 1.84. The van der Waals surface area contributed by atoms with Crippen LogP contribution in [-0.2, 0) is 14.8 Å². The molecule has 80 valence electrons. The van der Waals surface area contributed by atoms with Crippen molar-refractivity contribution in [2.75, 3.05) is 26.1 Å². The number of sulfonamides is 1. The Labute approximate surface area is 79.1 Å². The number of rotatable bonds is 7. The molecule has 0 aromatic rings. The number of methoxy groups -OCH3 is 1. The molecule has 2 N–H and O–H groups in total. The van der Waals surface area contributed by atoms with Gasteiger partial charge in [-0.05, 0) is 13.3 Å². The first-order valence-electron chi connectivity index (χ1n) is 4.11. The topological polar surface area (TPSA) is 75.6 Å². The Bertz CT molecular complexity index is 215. The van der Waals surface area contributed by atoms with E-state index < -0.39 is 16.1 Å². The molecule has 0 fully saturated rings. The summed E-state index contributed by atoms with van der Waals surface area (Å²) in [4.78, 5) is 0. The van der Waals surface area contributed by atoms with Crippen molar-refractivity contribution in [2.45, 2.75) is 19.4 Å². The van der Waals surface area contributed by atoms with Gasteiger partial charge in [0.2, 0.25) is 10.0 Å². The van der Waals surface area contributed by atoms with Gasteiger partial charge in [-0.15, -0.1) is 0 Å². The quantitative estimate of drug-likeness (QED) is 0.547. The van der Waals surface area contributed by atoms with E-state index >= 15 is 0 Å². The summed E-state index contributed by atoms with van der Waals surface area (Å²) < 4.78 is 29.5. The highest BCUT2D eigenvalue weighted by atomic mass is 32.2. The van der Waals surface area contributed by atoms with Crippen molar-refractivity contribution in [1.82, 2.24) is 4.72 Å². The van der Waals surface area contributed by atoms with Gasteiger partial charge in [-0.3, -0.25) is 0 Å². The van der Waals surface area contributed by atoms with Crippen molar-refractivity contribution >= 4 is 10.0 Å². The second kappa shape index (κ2) is 6.31. The van der Waals surface area contributed by atoms with Gasteiger partial charge in [0.25, 0.3) is 0 Å². The predicted octanol–water partition coefficient (Wildman–Crippen LogP) is -0.677. The molecule has 0 heterocycles. The van der Waals surface area contributed by atoms with Gasteiger partial charge in [0.05, 0.1) is 12.4 Å². The highest BCUT2D eigenvalue weighted by molar-refractivity contribution is 7.89. The van der Waals surface area contributed by atoms with Gasteiger partial charge in [0, 0.05) is 19.8 Å². The zero-order valence-electron chi connectivity index (χ0n) is 7.99. The SMILES string of the molecule is COCCCS(=O)(=O)NC(C)CO. The predicted molar refractivity (Wildman–Crippen MR) is 50.0 cm³/mol. The maximum Gasteiger partial charge on any atom is 0.212 e. The summed E-state index contributed by atoms with van der Waals surface area (Å²) >= 11 is 0. The molecule has 0 aromatic heterocycles. The Morgan fingerprint density at radius 2 is 2.15 bits per heavy atom. The average molecular weight is 211 g/mol. The lowest BCUT2D eigenvalue weighted by molar-refractivity contribution is 0.199.